The monoisotopic (exact) mass is 268 g/mol. The van der Waals surface area contributed by atoms with Crippen LogP contribution in [-0.2, 0) is 0 Å². The van der Waals surface area contributed by atoms with Crippen molar-refractivity contribution in [3.63, 3.8) is 0 Å². The van der Waals surface area contributed by atoms with E-state index in [1.165, 1.54) is 48.4 Å². The van der Waals surface area contributed by atoms with Crippen LogP contribution < -0.4 is 5.32 Å². The van der Waals surface area contributed by atoms with E-state index in [1.54, 1.807) is 0 Å². The van der Waals surface area contributed by atoms with Gasteiger partial charge in [0.2, 0.25) is 0 Å². The fourth-order valence-corrected chi connectivity index (χ4v) is 4.11. The minimum absolute atomic E-state index is 0.416. The lowest BCUT2D eigenvalue weighted by atomic mass is 9.73. The molecule has 1 aromatic carbocycles. The molecule has 1 heterocycles. The standard InChI is InChI=1S/C18H24N2/c1-3-18(10-4-5-11-18)17(19-2)15-8-6-7-14-9-12-20-13-16(14)15/h6-9,12-13,17,19H,3-5,10-11H2,1-2H3. The van der Waals surface area contributed by atoms with Crippen molar-refractivity contribution in [3.05, 3.63) is 42.2 Å². The van der Waals surface area contributed by atoms with Gasteiger partial charge in [0.05, 0.1) is 0 Å². The van der Waals surface area contributed by atoms with Crippen molar-refractivity contribution >= 4 is 10.8 Å². The molecule has 0 radical (unpaired) electrons. The minimum atomic E-state index is 0.416. The van der Waals surface area contributed by atoms with E-state index in [0.717, 1.165) is 0 Å². The summed E-state index contributed by atoms with van der Waals surface area (Å²) in [4.78, 5) is 4.34. The van der Waals surface area contributed by atoms with Crippen LogP contribution in [0.2, 0.25) is 0 Å². The number of pyridine rings is 1. The molecule has 0 bridgehead atoms. The SMILES string of the molecule is CCC1(C(NC)c2cccc3ccncc23)CCCC1. The third-order valence-electron chi connectivity index (χ3n) is 5.23. The normalized spacial score (nSPS) is 19.3. The van der Waals surface area contributed by atoms with E-state index >= 15 is 0 Å². The zero-order valence-corrected chi connectivity index (χ0v) is 12.5. The summed E-state index contributed by atoms with van der Waals surface area (Å²) in [5.74, 6) is 0. The van der Waals surface area contributed by atoms with Crippen molar-refractivity contribution in [1.29, 1.82) is 0 Å². The third kappa shape index (κ3) is 2.12. The maximum absolute atomic E-state index is 4.34. The number of nitrogens with one attached hydrogen (secondary N) is 1. The highest BCUT2D eigenvalue weighted by Gasteiger charge is 2.40. The van der Waals surface area contributed by atoms with Gasteiger partial charge in [0.15, 0.2) is 0 Å². The zero-order valence-electron chi connectivity index (χ0n) is 12.5. The Morgan fingerprint density at radius 1 is 1.25 bits per heavy atom. The fraction of sp³-hybridized carbons (Fsp3) is 0.500. The molecule has 0 spiro atoms. The van der Waals surface area contributed by atoms with Gasteiger partial charge in [-0.2, -0.15) is 0 Å². The maximum atomic E-state index is 4.34. The van der Waals surface area contributed by atoms with Crippen molar-refractivity contribution in [3.8, 4) is 0 Å². The summed E-state index contributed by atoms with van der Waals surface area (Å²) in [6.45, 7) is 2.35. The molecule has 1 fully saturated rings. The molecule has 1 N–H and O–H groups in total. The predicted octanol–water partition coefficient (Wildman–Crippen LogP) is 4.47. The second-order valence-electron chi connectivity index (χ2n) is 6.09. The minimum Gasteiger partial charge on any atom is -0.313 e. The van der Waals surface area contributed by atoms with Crippen molar-refractivity contribution in [2.45, 2.75) is 45.1 Å². The molecule has 1 saturated carbocycles. The first-order valence-corrected chi connectivity index (χ1v) is 7.80. The third-order valence-corrected chi connectivity index (χ3v) is 5.23. The van der Waals surface area contributed by atoms with Crippen molar-refractivity contribution in [2.75, 3.05) is 7.05 Å². The molecular weight excluding hydrogens is 244 g/mol. The van der Waals surface area contributed by atoms with Gasteiger partial charge in [-0.1, -0.05) is 38.0 Å². The topological polar surface area (TPSA) is 24.9 Å². The number of fused-ring (bicyclic) bond motifs is 1. The fourth-order valence-electron chi connectivity index (χ4n) is 4.11. The van der Waals surface area contributed by atoms with Crippen LogP contribution in [0.4, 0.5) is 0 Å². The molecule has 1 atom stereocenters. The first kappa shape index (κ1) is 13.6. The lowest BCUT2D eigenvalue weighted by molar-refractivity contribution is 0.196. The highest BCUT2D eigenvalue weighted by Crippen LogP contribution is 2.50. The molecule has 0 saturated heterocycles. The number of hydrogen-bond donors (Lipinski definition) is 1. The summed E-state index contributed by atoms with van der Waals surface area (Å²) in [7, 11) is 2.11. The molecule has 2 aromatic rings. The van der Waals surface area contributed by atoms with Gasteiger partial charge < -0.3 is 5.32 Å². The van der Waals surface area contributed by atoms with Gasteiger partial charge in [-0.05, 0) is 48.7 Å². The van der Waals surface area contributed by atoms with Gasteiger partial charge in [-0.15, -0.1) is 0 Å². The number of rotatable bonds is 4. The summed E-state index contributed by atoms with van der Waals surface area (Å²) in [6.07, 6.45) is 10.6. The molecule has 1 aromatic heterocycles. The average Bonchev–Trinajstić information content (AvgIpc) is 2.98. The summed E-state index contributed by atoms with van der Waals surface area (Å²) >= 11 is 0. The zero-order chi connectivity index (χ0) is 14.0. The van der Waals surface area contributed by atoms with Crippen molar-refractivity contribution in [2.24, 2.45) is 5.41 Å². The second-order valence-corrected chi connectivity index (χ2v) is 6.09. The van der Waals surface area contributed by atoms with Gasteiger partial charge >= 0.3 is 0 Å². The van der Waals surface area contributed by atoms with Gasteiger partial charge in [0.25, 0.3) is 0 Å². The molecule has 106 valence electrons. The lowest BCUT2D eigenvalue weighted by Crippen LogP contribution is -2.34. The summed E-state index contributed by atoms with van der Waals surface area (Å²) in [5, 5.41) is 6.21. The number of hydrogen-bond acceptors (Lipinski definition) is 2. The smallest absolute Gasteiger partial charge is 0.0381 e. The molecule has 1 unspecified atom stereocenters. The van der Waals surface area contributed by atoms with Gasteiger partial charge in [-0.3, -0.25) is 4.98 Å². The van der Waals surface area contributed by atoms with Crippen molar-refractivity contribution < 1.29 is 0 Å². The first-order chi connectivity index (χ1) is 9.80. The van der Waals surface area contributed by atoms with Crippen LogP contribution in [0.1, 0.15) is 50.6 Å². The Bertz CT molecular complexity index is 579. The molecule has 0 aliphatic heterocycles. The highest BCUT2D eigenvalue weighted by molar-refractivity contribution is 5.85. The Hall–Kier alpha value is -1.41. The number of benzene rings is 1. The highest BCUT2D eigenvalue weighted by atomic mass is 14.9. The molecular formula is C18H24N2. The van der Waals surface area contributed by atoms with E-state index in [1.807, 2.05) is 12.4 Å². The van der Waals surface area contributed by atoms with Crippen molar-refractivity contribution in [1.82, 2.24) is 10.3 Å². The Morgan fingerprint density at radius 2 is 2.05 bits per heavy atom. The lowest BCUT2D eigenvalue weighted by Gasteiger charge is -2.37. The van der Waals surface area contributed by atoms with E-state index in [9.17, 15) is 0 Å². The largest absolute Gasteiger partial charge is 0.313 e. The molecule has 2 heteroatoms. The Morgan fingerprint density at radius 3 is 2.75 bits per heavy atom. The van der Waals surface area contributed by atoms with E-state index < -0.39 is 0 Å². The average molecular weight is 268 g/mol. The summed E-state index contributed by atoms with van der Waals surface area (Å²) in [6, 6.07) is 9.18. The second kappa shape index (κ2) is 5.53. The van der Waals surface area contributed by atoms with Gasteiger partial charge in [0.1, 0.15) is 0 Å². The number of aromatic nitrogens is 1. The molecule has 1 aliphatic carbocycles. The van der Waals surface area contributed by atoms with Crippen LogP contribution in [0, 0.1) is 5.41 Å². The van der Waals surface area contributed by atoms with Gasteiger partial charge in [0, 0.05) is 23.8 Å². The van der Waals surface area contributed by atoms with Gasteiger partial charge in [-0.25, -0.2) is 0 Å². The van der Waals surface area contributed by atoms with Crippen LogP contribution in [0.5, 0.6) is 0 Å². The number of nitrogens with zero attached hydrogens (tertiary/aromatic N) is 1. The summed E-state index contributed by atoms with van der Waals surface area (Å²) in [5.41, 5.74) is 1.83. The van der Waals surface area contributed by atoms with Crippen LogP contribution in [-0.4, -0.2) is 12.0 Å². The Labute approximate surface area is 121 Å². The quantitative estimate of drug-likeness (QED) is 0.885. The van der Waals surface area contributed by atoms with E-state index in [2.05, 4.69) is 48.5 Å². The maximum Gasteiger partial charge on any atom is 0.0381 e. The van der Waals surface area contributed by atoms with E-state index in [4.69, 9.17) is 0 Å². The molecule has 20 heavy (non-hydrogen) atoms. The van der Waals surface area contributed by atoms with Crippen LogP contribution in [0.15, 0.2) is 36.7 Å². The molecule has 0 amide bonds. The van der Waals surface area contributed by atoms with Crippen LogP contribution >= 0.6 is 0 Å². The van der Waals surface area contributed by atoms with Crippen LogP contribution in [0.3, 0.4) is 0 Å². The Kier molecular flexibility index (Phi) is 3.75. The molecule has 1 aliphatic rings. The van der Waals surface area contributed by atoms with Crippen LogP contribution in [0.25, 0.3) is 10.8 Å². The Balaban J connectivity index is 2.12. The van der Waals surface area contributed by atoms with E-state index in [-0.39, 0.29) is 0 Å². The van der Waals surface area contributed by atoms with E-state index in [0.29, 0.717) is 11.5 Å². The summed E-state index contributed by atoms with van der Waals surface area (Å²) < 4.78 is 0. The molecule has 3 rings (SSSR count). The molecule has 2 nitrogen and oxygen atoms in total. The first-order valence-electron chi connectivity index (χ1n) is 7.80. The predicted molar refractivity (Wildman–Crippen MR) is 84.7 cm³/mol.